The highest BCUT2D eigenvalue weighted by Crippen LogP contribution is 2.51. The minimum atomic E-state index is -1.10. The molecular weight excluding hydrogens is 511 g/mol. The van der Waals surface area contributed by atoms with Crippen molar-refractivity contribution in [1.29, 1.82) is 0 Å². The van der Waals surface area contributed by atoms with Gasteiger partial charge in [-0.3, -0.25) is 19.5 Å². The number of benzene rings is 1. The molecule has 0 radical (unpaired) electrons. The largest absolute Gasteiger partial charge is 0.337 e. The van der Waals surface area contributed by atoms with E-state index in [1.807, 2.05) is 18.7 Å². The van der Waals surface area contributed by atoms with Gasteiger partial charge >= 0.3 is 0 Å². The SMILES string of the molecule is CC1(C)CCCN1C(=O)CN1C(=O)C2(CCN(C(=O)c3ccc4[nH]ncc4n3)CC2)c2c1ccc(F)c2Cl. The minimum absolute atomic E-state index is 0.0980. The number of amides is 3. The van der Waals surface area contributed by atoms with Crippen LogP contribution in [0.4, 0.5) is 10.1 Å². The minimum Gasteiger partial charge on any atom is -0.337 e. The topological polar surface area (TPSA) is 102 Å². The van der Waals surface area contributed by atoms with Crippen LogP contribution in [0.3, 0.4) is 0 Å². The number of hydrogen-bond donors (Lipinski definition) is 1. The third-order valence-electron chi connectivity index (χ3n) is 8.41. The van der Waals surface area contributed by atoms with E-state index in [1.165, 1.54) is 17.0 Å². The summed E-state index contributed by atoms with van der Waals surface area (Å²) in [6, 6.07) is 6.17. The number of rotatable bonds is 3. The Morgan fingerprint density at radius 3 is 2.58 bits per heavy atom. The Balaban J connectivity index is 1.27. The number of H-pyrrole nitrogens is 1. The number of hydrogen-bond acceptors (Lipinski definition) is 5. The van der Waals surface area contributed by atoms with E-state index in [4.69, 9.17) is 11.6 Å². The molecule has 1 N–H and O–H groups in total. The number of anilines is 1. The van der Waals surface area contributed by atoms with Gasteiger partial charge in [0.25, 0.3) is 5.91 Å². The van der Waals surface area contributed by atoms with E-state index in [2.05, 4.69) is 15.2 Å². The Bertz CT molecular complexity index is 1480. The highest BCUT2D eigenvalue weighted by atomic mass is 35.5. The zero-order valence-corrected chi connectivity index (χ0v) is 22.0. The van der Waals surface area contributed by atoms with E-state index >= 15 is 0 Å². The van der Waals surface area contributed by atoms with E-state index in [0.717, 1.165) is 18.4 Å². The molecule has 3 aromatic rings. The predicted octanol–water partition coefficient (Wildman–Crippen LogP) is 3.67. The summed E-state index contributed by atoms with van der Waals surface area (Å²) in [7, 11) is 0. The van der Waals surface area contributed by atoms with Gasteiger partial charge in [-0.1, -0.05) is 11.6 Å². The number of carbonyl (C=O) groups excluding carboxylic acids is 3. The maximum absolute atomic E-state index is 14.7. The first-order valence-corrected chi connectivity index (χ1v) is 13.2. The van der Waals surface area contributed by atoms with Crippen LogP contribution in [-0.2, 0) is 15.0 Å². The van der Waals surface area contributed by atoms with Gasteiger partial charge in [0.15, 0.2) is 0 Å². The molecule has 0 unspecified atom stereocenters. The normalized spacial score (nSPS) is 20.0. The monoisotopic (exact) mass is 538 g/mol. The lowest BCUT2D eigenvalue weighted by Crippen LogP contribution is -2.53. The Hall–Kier alpha value is -3.53. The molecular formula is C27H28ClFN6O3. The number of carbonyl (C=O) groups is 3. The fourth-order valence-electron chi connectivity index (χ4n) is 6.31. The number of aromatic amines is 1. The van der Waals surface area contributed by atoms with Crippen molar-refractivity contribution in [3.8, 4) is 0 Å². The molecule has 198 valence electrons. The van der Waals surface area contributed by atoms with Crippen molar-refractivity contribution >= 4 is 46.0 Å². The Morgan fingerprint density at radius 2 is 1.87 bits per heavy atom. The number of aromatic nitrogens is 3. The van der Waals surface area contributed by atoms with Crippen molar-refractivity contribution in [1.82, 2.24) is 25.0 Å². The van der Waals surface area contributed by atoms with Crippen LogP contribution in [0, 0.1) is 5.82 Å². The van der Waals surface area contributed by atoms with Gasteiger partial charge in [-0.05, 0) is 63.8 Å². The number of pyridine rings is 1. The molecule has 1 spiro atoms. The standard InChI is InChI=1S/C27H28ClFN6O3/c1-26(2)8-3-11-35(26)21(36)15-34-20-7-4-16(29)23(28)22(20)27(25(34)38)9-12-33(13-10-27)24(37)18-6-5-17-19(31-18)14-30-32-17/h4-7,14H,3,8-13,15H2,1-2H3,(H,30,32). The number of piperidine rings is 1. The molecule has 9 nitrogen and oxygen atoms in total. The molecule has 5 heterocycles. The molecule has 2 saturated heterocycles. The summed E-state index contributed by atoms with van der Waals surface area (Å²) in [5.41, 5.74) is 1.12. The number of nitrogens with one attached hydrogen (secondary N) is 1. The molecule has 11 heteroatoms. The quantitative estimate of drug-likeness (QED) is 0.548. The van der Waals surface area contributed by atoms with Gasteiger partial charge in [0.05, 0.1) is 27.8 Å². The molecule has 2 aromatic heterocycles. The summed E-state index contributed by atoms with van der Waals surface area (Å²) in [5.74, 6) is -1.27. The Morgan fingerprint density at radius 1 is 1.11 bits per heavy atom. The van der Waals surface area contributed by atoms with Crippen LogP contribution < -0.4 is 4.90 Å². The molecule has 0 atom stereocenters. The van der Waals surface area contributed by atoms with Crippen molar-refractivity contribution < 1.29 is 18.8 Å². The van der Waals surface area contributed by atoms with Crippen molar-refractivity contribution in [2.24, 2.45) is 0 Å². The summed E-state index contributed by atoms with van der Waals surface area (Å²) in [6.07, 6.45) is 3.90. The molecule has 3 aliphatic heterocycles. The summed E-state index contributed by atoms with van der Waals surface area (Å²) in [5, 5.41) is 6.66. The van der Waals surface area contributed by atoms with Crippen molar-refractivity contribution in [2.45, 2.75) is 50.5 Å². The Labute approximate surface area is 223 Å². The summed E-state index contributed by atoms with van der Waals surface area (Å²) >= 11 is 6.49. The smallest absolute Gasteiger partial charge is 0.272 e. The molecule has 38 heavy (non-hydrogen) atoms. The first-order valence-electron chi connectivity index (χ1n) is 12.8. The average molecular weight is 539 g/mol. The van der Waals surface area contributed by atoms with Crippen molar-refractivity contribution in [2.75, 3.05) is 31.1 Å². The van der Waals surface area contributed by atoms with Crippen LogP contribution in [0.1, 0.15) is 55.6 Å². The van der Waals surface area contributed by atoms with E-state index in [-0.39, 0.29) is 66.5 Å². The van der Waals surface area contributed by atoms with Gasteiger partial charge in [-0.15, -0.1) is 0 Å². The highest BCUT2D eigenvalue weighted by Gasteiger charge is 2.55. The molecule has 0 aliphatic carbocycles. The molecule has 1 aromatic carbocycles. The lowest BCUT2D eigenvalue weighted by atomic mass is 9.73. The van der Waals surface area contributed by atoms with Gasteiger partial charge in [0.1, 0.15) is 23.6 Å². The second kappa shape index (κ2) is 8.76. The third-order valence-corrected chi connectivity index (χ3v) is 8.78. The number of fused-ring (bicyclic) bond motifs is 3. The zero-order valence-electron chi connectivity index (χ0n) is 21.3. The van der Waals surface area contributed by atoms with Crippen LogP contribution in [0.15, 0.2) is 30.5 Å². The van der Waals surface area contributed by atoms with Gasteiger partial charge in [-0.25, -0.2) is 9.37 Å². The summed E-state index contributed by atoms with van der Waals surface area (Å²) in [6.45, 7) is 5.10. The average Bonchev–Trinajstić information content (AvgIpc) is 3.57. The van der Waals surface area contributed by atoms with E-state index in [1.54, 1.807) is 23.2 Å². The zero-order chi connectivity index (χ0) is 26.8. The maximum atomic E-state index is 14.7. The lowest BCUT2D eigenvalue weighted by Gasteiger charge is -2.39. The predicted molar refractivity (Wildman–Crippen MR) is 139 cm³/mol. The van der Waals surface area contributed by atoms with Crippen LogP contribution in [-0.4, -0.2) is 74.4 Å². The molecule has 2 fully saturated rings. The second-order valence-corrected chi connectivity index (χ2v) is 11.4. The first kappa shape index (κ1) is 24.8. The van der Waals surface area contributed by atoms with E-state index < -0.39 is 11.2 Å². The fraction of sp³-hybridized carbons (Fsp3) is 0.444. The van der Waals surface area contributed by atoms with Crippen LogP contribution in [0.5, 0.6) is 0 Å². The van der Waals surface area contributed by atoms with Gasteiger partial charge in [0, 0.05) is 30.7 Å². The van der Waals surface area contributed by atoms with E-state index in [9.17, 15) is 18.8 Å². The number of nitrogens with zero attached hydrogens (tertiary/aromatic N) is 5. The lowest BCUT2D eigenvalue weighted by molar-refractivity contribution is -0.135. The molecule has 0 bridgehead atoms. The summed E-state index contributed by atoms with van der Waals surface area (Å²) < 4.78 is 14.7. The Kier molecular flexibility index (Phi) is 5.71. The maximum Gasteiger partial charge on any atom is 0.272 e. The van der Waals surface area contributed by atoms with Crippen LogP contribution >= 0.6 is 11.6 Å². The second-order valence-electron chi connectivity index (χ2n) is 11.0. The van der Waals surface area contributed by atoms with Crippen molar-refractivity contribution in [3.05, 3.63) is 52.6 Å². The summed E-state index contributed by atoms with van der Waals surface area (Å²) in [4.78, 5) is 49.9. The van der Waals surface area contributed by atoms with Crippen LogP contribution in [0.2, 0.25) is 5.02 Å². The highest BCUT2D eigenvalue weighted by molar-refractivity contribution is 6.33. The van der Waals surface area contributed by atoms with Gasteiger partial charge in [-0.2, -0.15) is 5.10 Å². The van der Waals surface area contributed by atoms with Gasteiger partial charge in [0.2, 0.25) is 11.8 Å². The fourth-order valence-corrected chi connectivity index (χ4v) is 6.65. The molecule has 6 rings (SSSR count). The third kappa shape index (κ3) is 3.68. The first-order chi connectivity index (χ1) is 18.1. The van der Waals surface area contributed by atoms with E-state index in [0.29, 0.717) is 23.3 Å². The van der Waals surface area contributed by atoms with Crippen molar-refractivity contribution in [3.63, 3.8) is 0 Å². The molecule has 0 saturated carbocycles. The van der Waals surface area contributed by atoms with Gasteiger partial charge < -0.3 is 14.7 Å². The van der Waals surface area contributed by atoms with Crippen LogP contribution in [0.25, 0.3) is 11.0 Å². The molecule has 3 amide bonds. The number of likely N-dealkylation sites (tertiary alicyclic amines) is 2. The molecule has 3 aliphatic rings. The number of halogens is 2.